The van der Waals surface area contributed by atoms with Gasteiger partial charge in [-0.1, -0.05) is 43.3 Å². The maximum Gasteiger partial charge on any atom is 0.221 e. The van der Waals surface area contributed by atoms with Crippen LogP contribution in [0.3, 0.4) is 0 Å². The first kappa shape index (κ1) is 23.9. The normalized spacial score (nSPS) is 27.1. The van der Waals surface area contributed by atoms with Gasteiger partial charge in [0.05, 0.1) is 0 Å². The Bertz CT molecular complexity index is 1250. The van der Waals surface area contributed by atoms with Crippen molar-refractivity contribution in [3.63, 3.8) is 0 Å². The average Bonchev–Trinajstić information content (AvgIpc) is 3.37. The van der Waals surface area contributed by atoms with Gasteiger partial charge in [0.1, 0.15) is 23.7 Å². The second-order valence-electron chi connectivity index (χ2n) is 9.88. The Labute approximate surface area is 206 Å². The SMILES string of the molecule is C[C@@H]1CN(c2ccc(CN3[C@@H](C)CC[C@H](c4ccccc4)S3(=O)=O)c(F)c2)CC[C@@H]1n1cnnc1. The minimum Gasteiger partial charge on any atom is -0.371 e. The van der Waals surface area contributed by atoms with Gasteiger partial charge in [-0.3, -0.25) is 0 Å². The number of hydrogen-bond acceptors (Lipinski definition) is 5. The van der Waals surface area contributed by atoms with Gasteiger partial charge in [0, 0.05) is 43.0 Å². The number of aromatic nitrogens is 3. The number of hydrogen-bond donors (Lipinski definition) is 0. The molecule has 2 fully saturated rings. The Morgan fingerprint density at radius 1 is 1.00 bits per heavy atom. The highest BCUT2D eigenvalue weighted by atomic mass is 32.2. The third kappa shape index (κ3) is 4.71. The van der Waals surface area contributed by atoms with Gasteiger partial charge < -0.3 is 9.47 Å². The molecule has 0 N–H and O–H groups in total. The first-order chi connectivity index (χ1) is 16.8. The molecule has 2 aliphatic heterocycles. The topological polar surface area (TPSA) is 71.3 Å². The smallest absolute Gasteiger partial charge is 0.221 e. The lowest BCUT2D eigenvalue weighted by molar-refractivity contribution is 0.279. The third-order valence-corrected chi connectivity index (χ3v) is 9.97. The van der Waals surface area contributed by atoms with E-state index in [0.717, 1.165) is 37.2 Å². The van der Waals surface area contributed by atoms with E-state index in [-0.39, 0.29) is 18.4 Å². The molecule has 0 radical (unpaired) electrons. The van der Waals surface area contributed by atoms with Crippen LogP contribution in [0.2, 0.25) is 0 Å². The molecule has 0 saturated carbocycles. The fourth-order valence-electron chi connectivity index (χ4n) is 5.57. The number of nitrogens with zero attached hydrogens (tertiary/aromatic N) is 5. The summed E-state index contributed by atoms with van der Waals surface area (Å²) >= 11 is 0. The summed E-state index contributed by atoms with van der Waals surface area (Å²) in [5.41, 5.74) is 2.03. The summed E-state index contributed by atoms with van der Waals surface area (Å²) in [6.45, 7) is 5.75. The molecule has 35 heavy (non-hydrogen) atoms. The molecule has 2 saturated heterocycles. The molecule has 7 nitrogen and oxygen atoms in total. The zero-order valence-corrected chi connectivity index (χ0v) is 21.0. The van der Waals surface area contributed by atoms with Crippen LogP contribution in [0, 0.1) is 11.7 Å². The van der Waals surface area contributed by atoms with Crippen LogP contribution in [0.1, 0.15) is 55.5 Å². The van der Waals surface area contributed by atoms with Crippen LogP contribution >= 0.6 is 0 Å². The van der Waals surface area contributed by atoms with E-state index >= 15 is 4.39 Å². The summed E-state index contributed by atoms with van der Waals surface area (Å²) in [5, 5.41) is 7.25. The van der Waals surface area contributed by atoms with E-state index in [4.69, 9.17) is 0 Å². The summed E-state index contributed by atoms with van der Waals surface area (Å²) in [5.74, 6) is -0.00271. The van der Waals surface area contributed by atoms with Gasteiger partial charge in [-0.05, 0) is 49.8 Å². The standard InChI is InChI=1S/C26H32FN5O2S/c1-19-15-30(13-12-25(19)31-17-28-29-18-31)23-10-9-22(24(27)14-23)16-32-20(2)8-11-26(35(32,33)34)21-6-4-3-5-7-21/h3-7,9-10,14,17-20,25-26H,8,11-13,15-16H2,1-2H3/t19-,20+,25+,26-/m1/s1. The van der Waals surface area contributed by atoms with Gasteiger partial charge in [0.25, 0.3) is 0 Å². The fraction of sp³-hybridized carbons (Fsp3) is 0.462. The van der Waals surface area contributed by atoms with E-state index in [1.54, 1.807) is 24.8 Å². The molecule has 9 heteroatoms. The highest BCUT2D eigenvalue weighted by molar-refractivity contribution is 7.89. The quantitative estimate of drug-likeness (QED) is 0.517. The van der Waals surface area contributed by atoms with Gasteiger partial charge in [-0.25, -0.2) is 12.8 Å². The van der Waals surface area contributed by atoms with Crippen LogP contribution in [0.25, 0.3) is 0 Å². The minimum absolute atomic E-state index is 0.0467. The molecule has 3 heterocycles. The molecular weight excluding hydrogens is 465 g/mol. The summed E-state index contributed by atoms with van der Waals surface area (Å²) in [6, 6.07) is 14.7. The summed E-state index contributed by atoms with van der Waals surface area (Å²) < 4.78 is 45.8. The third-order valence-electron chi connectivity index (χ3n) is 7.60. The molecule has 186 valence electrons. The van der Waals surface area contributed by atoms with Crippen LogP contribution in [0.4, 0.5) is 10.1 Å². The fourth-order valence-corrected chi connectivity index (χ4v) is 7.76. The van der Waals surface area contributed by atoms with Crippen LogP contribution in [0.5, 0.6) is 0 Å². The van der Waals surface area contributed by atoms with Crippen LogP contribution < -0.4 is 4.90 Å². The zero-order valence-electron chi connectivity index (χ0n) is 20.2. The Balaban J connectivity index is 1.31. The largest absolute Gasteiger partial charge is 0.371 e. The van der Waals surface area contributed by atoms with Crippen molar-refractivity contribution in [2.45, 2.75) is 57.0 Å². The predicted octanol–water partition coefficient (Wildman–Crippen LogP) is 4.56. The number of anilines is 1. The maximum atomic E-state index is 15.3. The minimum atomic E-state index is -3.60. The Morgan fingerprint density at radius 3 is 2.43 bits per heavy atom. The van der Waals surface area contributed by atoms with E-state index < -0.39 is 15.3 Å². The van der Waals surface area contributed by atoms with E-state index in [1.165, 1.54) is 4.31 Å². The number of halogens is 1. The van der Waals surface area contributed by atoms with Crippen molar-refractivity contribution in [1.82, 2.24) is 19.1 Å². The van der Waals surface area contributed by atoms with Gasteiger partial charge in [0.15, 0.2) is 0 Å². The molecule has 4 atom stereocenters. The highest BCUT2D eigenvalue weighted by Gasteiger charge is 2.40. The van der Waals surface area contributed by atoms with Crippen LogP contribution in [-0.2, 0) is 16.6 Å². The van der Waals surface area contributed by atoms with Crippen molar-refractivity contribution in [1.29, 1.82) is 0 Å². The molecule has 5 rings (SSSR count). The van der Waals surface area contributed by atoms with E-state index in [1.807, 2.05) is 43.3 Å². The molecule has 0 bridgehead atoms. The summed E-state index contributed by atoms with van der Waals surface area (Å²) in [6.07, 6.45) is 5.76. The maximum absolute atomic E-state index is 15.3. The molecule has 1 aromatic heterocycles. The number of sulfonamides is 1. The molecule has 0 spiro atoms. The first-order valence-corrected chi connectivity index (χ1v) is 13.8. The highest BCUT2D eigenvalue weighted by Crippen LogP contribution is 2.38. The number of rotatable bonds is 5. The van der Waals surface area contributed by atoms with Crippen LogP contribution in [-0.4, -0.2) is 46.6 Å². The molecule has 2 aromatic carbocycles. The van der Waals surface area contributed by atoms with Crippen molar-refractivity contribution in [3.8, 4) is 0 Å². The van der Waals surface area contributed by atoms with Gasteiger partial charge in [-0.15, -0.1) is 10.2 Å². The lowest BCUT2D eigenvalue weighted by atomic mass is 9.93. The lowest BCUT2D eigenvalue weighted by Crippen LogP contribution is -2.44. The molecule has 3 aromatic rings. The van der Waals surface area contributed by atoms with E-state index in [2.05, 4.69) is 26.6 Å². The second kappa shape index (κ2) is 9.70. The average molecular weight is 498 g/mol. The summed E-state index contributed by atoms with van der Waals surface area (Å²) in [7, 11) is -3.60. The van der Waals surface area contributed by atoms with Crippen LogP contribution in [0.15, 0.2) is 61.2 Å². The van der Waals surface area contributed by atoms with E-state index in [9.17, 15) is 8.42 Å². The Morgan fingerprint density at radius 2 is 1.74 bits per heavy atom. The van der Waals surface area contributed by atoms with Crippen molar-refractivity contribution >= 4 is 15.7 Å². The number of piperidine rings is 1. The monoisotopic (exact) mass is 497 g/mol. The van der Waals surface area contributed by atoms with Gasteiger partial charge in [0.2, 0.25) is 10.0 Å². The van der Waals surface area contributed by atoms with E-state index in [0.29, 0.717) is 23.9 Å². The van der Waals surface area contributed by atoms with Crippen molar-refractivity contribution < 1.29 is 12.8 Å². The molecule has 0 aliphatic carbocycles. The lowest BCUT2D eigenvalue weighted by Gasteiger charge is -2.39. The first-order valence-electron chi connectivity index (χ1n) is 12.3. The number of benzene rings is 2. The summed E-state index contributed by atoms with van der Waals surface area (Å²) in [4.78, 5) is 2.20. The van der Waals surface area contributed by atoms with Crippen molar-refractivity contribution in [2.75, 3.05) is 18.0 Å². The van der Waals surface area contributed by atoms with Crippen molar-refractivity contribution in [3.05, 3.63) is 78.1 Å². The molecular formula is C26H32FN5O2S. The zero-order chi connectivity index (χ0) is 24.6. The molecule has 2 aliphatic rings. The Hall–Kier alpha value is -2.78. The predicted molar refractivity (Wildman–Crippen MR) is 134 cm³/mol. The van der Waals surface area contributed by atoms with Gasteiger partial charge in [-0.2, -0.15) is 4.31 Å². The molecule has 0 unspecified atom stereocenters. The molecule has 0 amide bonds. The van der Waals surface area contributed by atoms with Gasteiger partial charge >= 0.3 is 0 Å². The Kier molecular flexibility index (Phi) is 6.63. The second-order valence-corrected chi connectivity index (χ2v) is 11.9. The van der Waals surface area contributed by atoms with Crippen molar-refractivity contribution in [2.24, 2.45) is 5.92 Å².